The first-order valence-electron chi connectivity index (χ1n) is 8.49. The third kappa shape index (κ3) is 4.67. The maximum Gasteiger partial charge on any atom is 0.317 e. The van der Waals surface area contributed by atoms with Gasteiger partial charge < -0.3 is 10.2 Å². The summed E-state index contributed by atoms with van der Waals surface area (Å²) in [7, 11) is 0. The zero-order valence-electron chi connectivity index (χ0n) is 15.0. The predicted molar refractivity (Wildman–Crippen MR) is 93.2 cm³/mol. The van der Waals surface area contributed by atoms with Crippen molar-refractivity contribution in [1.29, 1.82) is 0 Å². The molecule has 2 rings (SSSR count). The Morgan fingerprint density at radius 2 is 1.83 bits per heavy atom. The normalized spacial score (nSPS) is 19.3. The first kappa shape index (κ1) is 17.7. The second-order valence-corrected chi connectivity index (χ2v) is 7.49. The Balaban J connectivity index is 1.85. The number of aromatic nitrogens is 1. The zero-order valence-corrected chi connectivity index (χ0v) is 15.0. The number of nitrogens with zero attached hydrogens (tertiary/aromatic N) is 3. The Bertz CT molecular complexity index is 504. The molecule has 0 spiro atoms. The smallest absolute Gasteiger partial charge is 0.317 e. The lowest BCUT2D eigenvalue weighted by atomic mass is 9.88. The maximum absolute atomic E-state index is 12.4. The summed E-state index contributed by atoms with van der Waals surface area (Å²) in [6, 6.07) is 6.52. The van der Waals surface area contributed by atoms with E-state index in [1.54, 1.807) is 0 Å². The molecule has 1 N–H and O–H groups in total. The lowest BCUT2D eigenvalue weighted by Crippen LogP contribution is -2.55. The molecule has 23 heavy (non-hydrogen) atoms. The van der Waals surface area contributed by atoms with Crippen molar-refractivity contribution in [3.8, 4) is 0 Å². The third-order valence-electron chi connectivity index (χ3n) is 4.90. The van der Waals surface area contributed by atoms with Gasteiger partial charge in [0, 0.05) is 44.5 Å². The fourth-order valence-electron chi connectivity index (χ4n) is 2.62. The van der Waals surface area contributed by atoms with Crippen LogP contribution in [0.15, 0.2) is 24.4 Å². The van der Waals surface area contributed by atoms with E-state index >= 15 is 0 Å². The van der Waals surface area contributed by atoms with E-state index in [1.165, 1.54) is 0 Å². The summed E-state index contributed by atoms with van der Waals surface area (Å²) in [5.41, 5.74) is 1.16. The number of hydrogen-bond donors (Lipinski definition) is 1. The molecule has 5 nitrogen and oxygen atoms in total. The van der Waals surface area contributed by atoms with Crippen molar-refractivity contribution >= 4 is 6.03 Å². The molecule has 1 aromatic rings. The van der Waals surface area contributed by atoms with Crippen LogP contribution in [-0.4, -0.2) is 53.0 Å². The molecule has 1 aliphatic heterocycles. The molecule has 0 saturated carbocycles. The molecule has 1 aliphatic rings. The highest BCUT2D eigenvalue weighted by Gasteiger charge is 2.28. The standard InChI is InChI=1S/C18H30N4O/c1-14(16-8-6-7-9-19-16)21-10-12-22(13-11-21)17(23)20-15(2)18(3,4)5/h6-9,14-15H,10-13H2,1-5H3,(H,20,23)/t14-,15-/m1/s1. The number of carbonyl (C=O) groups excluding carboxylic acids is 1. The second-order valence-electron chi connectivity index (χ2n) is 7.49. The maximum atomic E-state index is 12.4. The molecule has 0 bridgehead atoms. The minimum Gasteiger partial charge on any atom is -0.335 e. The summed E-state index contributed by atoms with van der Waals surface area (Å²) >= 11 is 0. The van der Waals surface area contributed by atoms with Crippen LogP contribution in [0.4, 0.5) is 4.79 Å². The highest BCUT2D eigenvalue weighted by atomic mass is 16.2. The highest BCUT2D eigenvalue weighted by Crippen LogP contribution is 2.21. The predicted octanol–water partition coefficient (Wildman–Crippen LogP) is 2.90. The quantitative estimate of drug-likeness (QED) is 0.932. The minimum atomic E-state index is 0.0533. The molecule has 128 valence electrons. The van der Waals surface area contributed by atoms with E-state index in [-0.39, 0.29) is 23.5 Å². The van der Waals surface area contributed by atoms with Gasteiger partial charge in [-0.15, -0.1) is 0 Å². The first-order chi connectivity index (χ1) is 10.8. The van der Waals surface area contributed by atoms with E-state index in [2.05, 4.69) is 55.9 Å². The van der Waals surface area contributed by atoms with Gasteiger partial charge in [0.25, 0.3) is 0 Å². The van der Waals surface area contributed by atoms with Crippen LogP contribution >= 0.6 is 0 Å². The van der Waals surface area contributed by atoms with Gasteiger partial charge in [0.05, 0.1) is 5.69 Å². The van der Waals surface area contributed by atoms with Gasteiger partial charge >= 0.3 is 6.03 Å². The highest BCUT2D eigenvalue weighted by molar-refractivity contribution is 5.74. The molecule has 0 aromatic carbocycles. The van der Waals surface area contributed by atoms with Crippen molar-refractivity contribution in [2.75, 3.05) is 26.2 Å². The van der Waals surface area contributed by atoms with Crippen LogP contribution in [-0.2, 0) is 0 Å². The Labute approximate surface area is 140 Å². The Morgan fingerprint density at radius 1 is 1.17 bits per heavy atom. The van der Waals surface area contributed by atoms with Crippen molar-refractivity contribution in [3.05, 3.63) is 30.1 Å². The molecule has 1 aromatic heterocycles. The number of nitrogens with one attached hydrogen (secondary N) is 1. The Kier molecular flexibility index (Phi) is 5.63. The number of pyridine rings is 1. The molecule has 5 heteroatoms. The van der Waals surface area contributed by atoms with Crippen LogP contribution in [0.25, 0.3) is 0 Å². The topological polar surface area (TPSA) is 48.5 Å². The van der Waals surface area contributed by atoms with E-state index in [1.807, 2.05) is 23.2 Å². The summed E-state index contributed by atoms with van der Waals surface area (Å²) in [4.78, 5) is 21.1. The van der Waals surface area contributed by atoms with Gasteiger partial charge in [-0.05, 0) is 31.4 Å². The van der Waals surface area contributed by atoms with Crippen molar-refractivity contribution in [1.82, 2.24) is 20.1 Å². The van der Waals surface area contributed by atoms with Gasteiger partial charge in [-0.3, -0.25) is 9.88 Å². The monoisotopic (exact) mass is 318 g/mol. The molecule has 1 fully saturated rings. The van der Waals surface area contributed by atoms with E-state index in [0.717, 1.165) is 31.9 Å². The number of hydrogen-bond acceptors (Lipinski definition) is 3. The van der Waals surface area contributed by atoms with Crippen molar-refractivity contribution in [2.24, 2.45) is 5.41 Å². The SMILES string of the molecule is C[C@H](c1ccccn1)N1CCN(C(=O)N[C@H](C)C(C)(C)C)CC1. The van der Waals surface area contributed by atoms with E-state index in [4.69, 9.17) is 0 Å². The number of rotatable bonds is 3. The molecule has 2 amide bonds. The van der Waals surface area contributed by atoms with E-state index < -0.39 is 0 Å². The molecule has 0 radical (unpaired) electrons. The molecule has 2 atom stereocenters. The molecule has 0 unspecified atom stereocenters. The largest absolute Gasteiger partial charge is 0.335 e. The third-order valence-corrected chi connectivity index (χ3v) is 4.90. The Morgan fingerprint density at radius 3 is 2.35 bits per heavy atom. The fourth-order valence-corrected chi connectivity index (χ4v) is 2.62. The lowest BCUT2D eigenvalue weighted by Gasteiger charge is -2.39. The lowest BCUT2D eigenvalue weighted by molar-refractivity contribution is 0.108. The summed E-state index contributed by atoms with van der Waals surface area (Å²) in [5.74, 6) is 0. The summed E-state index contributed by atoms with van der Waals surface area (Å²) < 4.78 is 0. The van der Waals surface area contributed by atoms with Crippen LogP contribution in [0.1, 0.15) is 46.4 Å². The number of piperazine rings is 1. The van der Waals surface area contributed by atoms with Gasteiger partial charge in [-0.2, -0.15) is 0 Å². The zero-order chi connectivity index (χ0) is 17.0. The molecule has 0 aliphatic carbocycles. The van der Waals surface area contributed by atoms with Crippen molar-refractivity contribution in [3.63, 3.8) is 0 Å². The summed E-state index contributed by atoms with van der Waals surface area (Å²) in [6.07, 6.45) is 1.84. The van der Waals surface area contributed by atoms with Gasteiger partial charge in [0.2, 0.25) is 0 Å². The van der Waals surface area contributed by atoms with Crippen molar-refractivity contribution < 1.29 is 4.79 Å². The number of amides is 2. The molecular formula is C18H30N4O. The minimum absolute atomic E-state index is 0.0533. The summed E-state index contributed by atoms with van der Waals surface area (Å²) in [6.45, 7) is 14.0. The van der Waals surface area contributed by atoms with Crippen LogP contribution in [0, 0.1) is 5.41 Å². The molecule has 1 saturated heterocycles. The molecular weight excluding hydrogens is 288 g/mol. The number of carbonyl (C=O) groups is 1. The average molecular weight is 318 g/mol. The fraction of sp³-hybridized carbons (Fsp3) is 0.667. The van der Waals surface area contributed by atoms with E-state index in [0.29, 0.717) is 0 Å². The Hall–Kier alpha value is -1.62. The van der Waals surface area contributed by atoms with Crippen LogP contribution in [0.3, 0.4) is 0 Å². The van der Waals surface area contributed by atoms with Crippen LogP contribution in [0.5, 0.6) is 0 Å². The molecule has 2 heterocycles. The van der Waals surface area contributed by atoms with Crippen LogP contribution < -0.4 is 5.32 Å². The summed E-state index contributed by atoms with van der Waals surface area (Å²) in [5, 5.41) is 3.12. The van der Waals surface area contributed by atoms with Gasteiger partial charge in [0.1, 0.15) is 0 Å². The number of urea groups is 1. The van der Waals surface area contributed by atoms with Crippen molar-refractivity contribution in [2.45, 2.75) is 46.7 Å². The van der Waals surface area contributed by atoms with Gasteiger partial charge in [-0.1, -0.05) is 26.8 Å². The van der Waals surface area contributed by atoms with E-state index in [9.17, 15) is 4.79 Å². The van der Waals surface area contributed by atoms with Gasteiger partial charge in [-0.25, -0.2) is 4.79 Å². The second kappa shape index (κ2) is 7.30. The first-order valence-corrected chi connectivity index (χ1v) is 8.49. The van der Waals surface area contributed by atoms with Crippen LogP contribution in [0.2, 0.25) is 0 Å². The van der Waals surface area contributed by atoms with Gasteiger partial charge in [0.15, 0.2) is 0 Å². The average Bonchev–Trinajstić information content (AvgIpc) is 2.54.